The van der Waals surface area contributed by atoms with Gasteiger partial charge in [0.15, 0.2) is 0 Å². The third kappa shape index (κ3) is 3.34. The van der Waals surface area contributed by atoms with Crippen LogP contribution < -0.4 is 0 Å². The van der Waals surface area contributed by atoms with Crippen LogP contribution in [0.25, 0.3) is 0 Å². The first kappa shape index (κ1) is 28.3. The second-order valence-electron chi connectivity index (χ2n) is 16.6. The van der Waals surface area contributed by atoms with E-state index < -0.39 is 6.10 Å². The summed E-state index contributed by atoms with van der Waals surface area (Å²) in [4.78, 5) is 14.0. The number of aliphatic hydroxyl groups excluding tert-OH is 2. The Morgan fingerprint density at radius 3 is 2.26 bits per heavy atom. The van der Waals surface area contributed by atoms with Crippen LogP contribution in [-0.4, -0.2) is 65.8 Å². The van der Waals surface area contributed by atoms with Gasteiger partial charge in [-0.05, 0) is 103 Å². The summed E-state index contributed by atoms with van der Waals surface area (Å²) in [6.45, 7) is 16.1. The smallest absolute Gasteiger partial charge is 0.409 e. The molecule has 1 aliphatic heterocycles. The first-order chi connectivity index (χ1) is 18.1. The number of carbonyl (C=O) groups is 1. The maximum Gasteiger partial charge on any atom is 0.409 e. The molecule has 5 aliphatic carbocycles. The van der Waals surface area contributed by atoms with Crippen molar-refractivity contribution in [3.8, 4) is 0 Å². The highest BCUT2D eigenvalue weighted by atomic mass is 16.6. The molecule has 1 heterocycles. The Labute approximate surface area is 236 Å². The topological polar surface area (TPSA) is 79.2 Å². The van der Waals surface area contributed by atoms with E-state index in [-0.39, 0.29) is 52.7 Å². The van der Waals surface area contributed by atoms with E-state index in [1.54, 1.807) is 14.1 Å². The highest BCUT2D eigenvalue weighted by molar-refractivity contribution is 5.67. The molecular weight excluding hydrogens is 490 g/mol. The molecule has 6 aliphatic rings. The minimum atomic E-state index is -0.520. The Morgan fingerprint density at radius 1 is 0.974 bits per heavy atom. The lowest BCUT2D eigenvalue weighted by atomic mass is 9.41. The number of nitrogens with zero attached hydrogens (tertiary/aromatic N) is 1. The van der Waals surface area contributed by atoms with E-state index in [0.29, 0.717) is 34.5 Å². The largest absolute Gasteiger partial charge is 0.443 e. The zero-order valence-corrected chi connectivity index (χ0v) is 26.0. The van der Waals surface area contributed by atoms with Gasteiger partial charge >= 0.3 is 6.09 Å². The lowest BCUT2D eigenvalue weighted by Gasteiger charge is -2.63. The Kier molecular flexibility index (Phi) is 6.23. The van der Waals surface area contributed by atoms with E-state index in [0.717, 1.165) is 32.1 Å². The SMILES string of the molecule is CC(C)C(OC(=O)N(C)C)[C@H]1C[C@@H](C)[C@H]2[C@H](O1)[C@H](O)[C@@]1(C)[C@@H]3CC[C@H]4C(C)(C)[C@@H](O)CC[C@@]45C[C@@]35CC[C@]21C. The molecule has 1 saturated heterocycles. The molecule has 0 aromatic carbocycles. The fourth-order valence-electron chi connectivity index (χ4n) is 12.4. The molecule has 222 valence electrons. The molecule has 1 unspecified atom stereocenters. The molecule has 0 aromatic rings. The maximum atomic E-state index is 12.5. The van der Waals surface area contributed by atoms with Crippen molar-refractivity contribution in [3.05, 3.63) is 0 Å². The molecule has 1 amide bonds. The third-order valence-corrected chi connectivity index (χ3v) is 14.4. The molecule has 13 atom stereocenters. The van der Waals surface area contributed by atoms with Gasteiger partial charge in [-0.15, -0.1) is 0 Å². The average Bonchev–Trinajstić information content (AvgIpc) is 3.49. The number of rotatable bonds is 3. The molecule has 0 aromatic heterocycles. The molecule has 6 heteroatoms. The van der Waals surface area contributed by atoms with E-state index in [2.05, 4.69) is 48.5 Å². The van der Waals surface area contributed by atoms with Crippen molar-refractivity contribution in [2.75, 3.05) is 14.1 Å². The zero-order valence-electron chi connectivity index (χ0n) is 26.0. The van der Waals surface area contributed by atoms with Gasteiger partial charge in [0.25, 0.3) is 0 Å². The first-order valence-corrected chi connectivity index (χ1v) is 16.0. The van der Waals surface area contributed by atoms with E-state index in [1.165, 1.54) is 24.2 Å². The number of hydrogen-bond acceptors (Lipinski definition) is 5. The summed E-state index contributed by atoms with van der Waals surface area (Å²) in [6.07, 6.45) is 7.13. The zero-order chi connectivity index (χ0) is 28.5. The first-order valence-electron chi connectivity index (χ1n) is 16.0. The highest BCUT2D eigenvalue weighted by Crippen LogP contribution is 2.89. The predicted octanol–water partition coefficient (Wildman–Crippen LogP) is 5.88. The van der Waals surface area contributed by atoms with Crippen LogP contribution in [0, 0.1) is 56.7 Å². The van der Waals surface area contributed by atoms with Crippen molar-refractivity contribution in [1.29, 1.82) is 0 Å². The van der Waals surface area contributed by atoms with Gasteiger partial charge in [0.1, 0.15) is 6.10 Å². The number of fused-ring (bicyclic) bond motifs is 4. The lowest BCUT2D eigenvalue weighted by Crippen LogP contribution is -2.59. The molecule has 39 heavy (non-hydrogen) atoms. The van der Waals surface area contributed by atoms with E-state index in [4.69, 9.17) is 9.47 Å². The molecule has 0 radical (unpaired) electrons. The summed E-state index contributed by atoms with van der Waals surface area (Å²) < 4.78 is 12.9. The van der Waals surface area contributed by atoms with Crippen LogP contribution in [0.2, 0.25) is 0 Å². The van der Waals surface area contributed by atoms with Gasteiger partial charge in [-0.3, -0.25) is 0 Å². The van der Waals surface area contributed by atoms with Gasteiger partial charge < -0.3 is 24.6 Å². The molecule has 6 nitrogen and oxygen atoms in total. The molecule has 6 rings (SSSR count). The second-order valence-corrected chi connectivity index (χ2v) is 16.6. The van der Waals surface area contributed by atoms with E-state index in [1.807, 2.05) is 0 Å². The van der Waals surface area contributed by atoms with Gasteiger partial charge in [-0.1, -0.05) is 48.5 Å². The van der Waals surface area contributed by atoms with Crippen molar-refractivity contribution in [3.63, 3.8) is 0 Å². The standard InChI is InChI=1S/C33H55NO5/c1-18(2)25(39-28(37)34(8)9)20-16-19(3)24-26(38-20)27(36)31(7)22-11-10-21-29(4,5)23(35)12-13-32(21)17-33(22,32)15-14-30(24,31)6/h18-27,35-36H,10-17H2,1-9H3/t19-,20-,21+,22+,23+,24+,25?,26+,27+,30-,31-,32-,33+/m1/s1. The van der Waals surface area contributed by atoms with Crippen LogP contribution in [0.3, 0.4) is 0 Å². The van der Waals surface area contributed by atoms with Gasteiger partial charge in [0, 0.05) is 19.5 Å². The van der Waals surface area contributed by atoms with Crippen LogP contribution >= 0.6 is 0 Å². The van der Waals surface area contributed by atoms with Crippen LogP contribution in [-0.2, 0) is 9.47 Å². The normalized spacial score (nSPS) is 53.9. The molecule has 2 N–H and O–H groups in total. The van der Waals surface area contributed by atoms with Crippen molar-refractivity contribution < 1.29 is 24.5 Å². The van der Waals surface area contributed by atoms with Crippen LogP contribution in [0.4, 0.5) is 4.79 Å². The predicted molar refractivity (Wildman–Crippen MR) is 151 cm³/mol. The van der Waals surface area contributed by atoms with Crippen LogP contribution in [0.5, 0.6) is 0 Å². The number of ether oxygens (including phenoxy) is 2. The summed E-state index contributed by atoms with van der Waals surface area (Å²) in [7, 11) is 3.44. The summed E-state index contributed by atoms with van der Waals surface area (Å²) in [5, 5.41) is 23.4. The average molecular weight is 546 g/mol. The molecule has 2 spiro atoms. The van der Waals surface area contributed by atoms with Crippen LogP contribution in [0.1, 0.15) is 99.8 Å². The lowest BCUT2D eigenvalue weighted by molar-refractivity contribution is -0.185. The van der Waals surface area contributed by atoms with E-state index in [9.17, 15) is 15.0 Å². The minimum Gasteiger partial charge on any atom is -0.443 e. The van der Waals surface area contributed by atoms with Gasteiger partial charge in [0.2, 0.25) is 0 Å². The fourth-order valence-corrected chi connectivity index (χ4v) is 12.4. The molecule has 0 bridgehead atoms. The Morgan fingerprint density at radius 2 is 1.62 bits per heavy atom. The third-order valence-electron chi connectivity index (χ3n) is 14.4. The summed E-state index contributed by atoms with van der Waals surface area (Å²) >= 11 is 0. The van der Waals surface area contributed by atoms with Crippen LogP contribution in [0.15, 0.2) is 0 Å². The van der Waals surface area contributed by atoms with Crippen molar-refractivity contribution in [2.24, 2.45) is 56.7 Å². The summed E-state index contributed by atoms with van der Waals surface area (Å²) in [5.74, 6) is 1.90. The Hall–Kier alpha value is -0.850. The van der Waals surface area contributed by atoms with Crippen molar-refractivity contribution >= 4 is 6.09 Å². The quantitative estimate of drug-likeness (QED) is 0.463. The second kappa shape index (κ2) is 8.60. The Bertz CT molecular complexity index is 1010. The maximum absolute atomic E-state index is 12.5. The minimum absolute atomic E-state index is 0.0192. The van der Waals surface area contributed by atoms with Crippen molar-refractivity contribution in [2.45, 2.75) is 130 Å². The number of aliphatic hydroxyl groups is 2. The summed E-state index contributed by atoms with van der Waals surface area (Å²) in [6, 6.07) is 0. The van der Waals surface area contributed by atoms with Gasteiger partial charge in [0.05, 0.1) is 24.4 Å². The van der Waals surface area contributed by atoms with Gasteiger partial charge in [-0.25, -0.2) is 4.79 Å². The number of hydrogen-bond donors (Lipinski definition) is 2. The van der Waals surface area contributed by atoms with E-state index >= 15 is 0 Å². The molecule has 5 saturated carbocycles. The number of amides is 1. The molecular formula is C33H55NO5. The fraction of sp³-hybridized carbons (Fsp3) is 0.970. The highest BCUT2D eigenvalue weighted by Gasteiger charge is 2.84. The van der Waals surface area contributed by atoms with Crippen molar-refractivity contribution in [1.82, 2.24) is 4.90 Å². The number of carbonyl (C=O) groups excluding carboxylic acids is 1. The monoisotopic (exact) mass is 545 g/mol. The Balaban J connectivity index is 1.32. The van der Waals surface area contributed by atoms with Gasteiger partial charge in [-0.2, -0.15) is 0 Å². The summed E-state index contributed by atoms with van der Waals surface area (Å²) in [5.41, 5.74) is 0.434. The molecule has 6 fully saturated rings.